The molecule has 2 fully saturated rings. The number of nitrogens with one attached hydrogen (secondary N) is 1. The number of aromatic nitrogens is 3. The van der Waals surface area contributed by atoms with Gasteiger partial charge in [-0.25, -0.2) is 14.8 Å². The second kappa shape index (κ2) is 11.9. The summed E-state index contributed by atoms with van der Waals surface area (Å²) in [6.07, 6.45) is 11.3. The van der Waals surface area contributed by atoms with Crippen LogP contribution in [0.5, 0.6) is 5.88 Å². The highest BCUT2D eigenvalue weighted by atomic mass is 16.7. The highest BCUT2D eigenvalue weighted by molar-refractivity contribution is 6.04. The van der Waals surface area contributed by atoms with E-state index in [2.05, 4.69) is 20.2 Å². The lowest BCUT2D eigenvalue weighted by Crippen LogP contribution is -2.44. The van der Waals surface area contributed by atoms with Gasteiger partial charge < -0.3 is 19.8 Å². The van der Waals surface area contributed by atoms with Crippen LogP contribution >= 0.6 is 0 Å². The predicted molar refractivity (Wildman–Crippen MR) is 137 cm³/mol. The van der Waals surface area contributed by atoms with E-state index in [9.17, 15) is 9.59 Å². The average molecular weight is 505 g/mol. The van der Waals surface area contributed by atoms with Gasteiger partial charge >= 0.3 is 6.09 Å². The summed E-state index contributed by atoms with van der Waals surface area (Å²) in [5.74, 6) is -0.0290. The van der Waals surface area contributed by atoms with Gasteiger partial charge in [-0.2, -0.15) is 4.73 Å². The quantitative estimate of drug-likeness (QED) is 0.524. The lowest BCUT2D eigenvalue weighted by molar-refractivity contribution is -0.000122. The summed E-state index contributed by atoms with van der Waals surface area (Å²) in [5, 5.41) is 2.84. The van der Waals surface area contributed by atoms with Crippen LogP contribution in [-0.2, 0) is 6.54 Å². The van der Waals surface area contributed by atoms with Crippen molar-refractivity contribution >= 4 is 17.7 Å². The van der Waals surface area contributed by atoms with E-state index in [1.165, 1.54) is 31.0 Å². The number of hydrogen-bond acceptors (Lipinski definition) is 7. The zero-order valence-corrected chi connectivity index (χ0v) is 20.8. The number of nitrogens with zero attached hydrogens (tertiary/aromatic N) is 5. The number of ether oxygens (including phenoxy) is 1. The van der Waals surface area contributed by atoms with Crippen LogP contribution in [0.1, 0.15) is 48.0 Å². The average Bonchev–Trinajstić information content (AvgIpc) is 3.44. The highest BCUT2D eigenvalue weighted by Gasteiger charge is 2.26. The Hall–Kier alpha value is -3.92. The van der Waals surface area contributed by atoms with E-state index >= 15 is 0 Å². The standard InChI is InChI=1S/C27H32N6O4/c34-26(22-6-4-21(5-7-22)19-31-13-2-1-3-14-31)30-23-8-9-25(29-18-23)36-27(35)32-15-10-24(11-16-32)37-33-17-12-28-20-33/h4-9,12,17-18,20,24H,1-3,10-11,13-16,19H2,(H,30,34). The summed E-state index contributed by atoms with van der Waals surface area (Å²) in [7, 11) is 0. The Balaban J connectivity index is 1.07. The first kappa shape index (κ1) is 24.8. The molecule has 0 bridgehead atoms. The summed E-state index contributed by atoms with van der Waals surface area (Å²) in [5.41, 5.74) is 2.32. The molecule has 2 saturated heterocycles. The Kier molecular flexibility index (Phi) is 7.95. The van der Waals surface area contributed by atoms with Crippen molar-refractivity contribution < 1.29 is 19.2 Å². The number of pyridine rings is 1. The number of benzene rings is 1. The van der Waals surface area contributed by atoms with Crippen molar-refractivity contribution in [1.29, 1.82) is 0 Å². The lowest BCUT2D eigenvalue weighted by Gasteiger charge is -2.30. The fraction of sp³-hybridized carbons (Fsp3) is 0.407. The number of rotatable bonds is 7. The van der Waals surface area contributed by atoms with Crippen molar-refractivity contribution in [1.82, 2.24) is 24.5 Å². The molecular weight excluding hydrogens is 472 g/mol. The lowest BCUT2D eigenvalue weighted by atomic mass is 10.1. The van der Waals surface area contributed by atoms with Crippen LogP contribution in [0.25, 0.3) is 0 Å². The number of anilines is 1. The molecule has 0 radical (unpaired) electrons. The van der Waals surface area contributed by atoms with Crippen LogP contribution in [-0.4, -0.2) is 68.8 Å². The number of piperidine rings is 2. The number of likely N-dealkylation sites (tertiary alicyclic amines) is 2. The molecule has 10 heteroatoms. The molecule has 0 aliphatic carbocycles. The van der Waals surface area contributed by atoms with Gasteiger partial charge in [-0.3, -0.25) is 9.69 Å². The molecule has 194 valence electrons. The van der Waals surface area contributed by atoms with Gasteiger partial charge in [0.15, 0.2) is 0 Å². The summed E-state index contributed by atoms with van der Waals surface area (Å²) < 4.78 is 7.00. The minimum absolute atomic E-state index is 0.0186. The van der Waals surface area contributed by atoms with E-state index in [1.54, 1.807) is 40.5 Å². The van der Waals surface area contributed by atoms with Crippen molar-refractivity contribution in [3.63, 3.8) is 0 Å². The van der Waals surface area contributed by atoms with E-state index in [4.69, 9.17) is 9.57 Å². The van der Waals surface area contributed by atoms with Crippen LogP contribution < -0.4 is 14.9 Å². The number of carbonyl (C=O) groups excluding carboxylic acids is 2. The van der Waals surface area contributed by atoms with Gasteiger partial charge in [0.25, 0.3) is 5.91 Å². The number of amides is 2. The van der Waals surface area contributed by atoms with Gasteiger partial charge in [0.1, 0.15) is 12.4 Å². The van der Waals surface area contributed by atoms with Gasteiger partial charge in [-0.1, -0.05) is 18.6 Å². The molecule has 0 saturated carbocycles. The largest absolute Gasteiger partial charge is 0.416 e. The molecule has 2 aliphatic rings. The SMILES string of the molecule is O=C(Nc1ccc(OC(=O)N2CCC(On3ccnc3)CC2)nc1)c1ccc(CN2CCCCC2)cc1. The third kappa shape index (κ3) is 6.85. The summed E-state index contributed by atoms with van der Waals surface area (Å²) in [6.45, 7) is 4.26. The molecule has 0 atom stereocenters. The van der Waals surface area contributed by atoms with E-state index in [-0.39, 0.29) is 17.9 Å². The molecular formula is C27H32N6O4. The summed E-state index contributed by atoms with van der Waals surface area (Å²) in [6, 6.07) is 11.0. The molecule has 3 aromatic rings. The van der Waals surface area contributed by atoms with Crippen molar-refractivity contribution in [2.45, 2.75) is 44.8 Å². The van der Waals surface area contributed by atoms with Gasteiger partial charge in [0, 0.05) is 50.3 Å². The third-order valence-electron chi connectivity index (χ3n) is 6.71. The minimum atomic E-state index is -0.449. The number of carbonyl (C=O) groups is 2. The van der Waals surface area contributed by atoms with Gasteiger partial charge in [-0.15, -0.1) is 0 Å². The Labute approximate surface area is 216 Å². The first-order chi connectivity index (χ1) is 18.1. The molecule has 4 heterocycles. The Morgan fingerprint density at radius 1 is 0.973 bits per heavy atom. The van der Waals surface area contributed by atoms with Crippen molar-refractivity contribution in [2.24, 2.45) is 0 Å². The Bertz CT molecular complexity index is 1150. The molecule has 2 aromatic heterocycles. The van der Waals surface area contributed by atoms with Crippen LogP contribution in [0.2, 0.25) is 0 Å². The second-order valence-electron chi connectivity index (χ2n) is 9.46. The number of imidazole rings is 1. The van der Waals surface area contributed by atoms with E-state index < -0.39 is 6.09 Å². The maximum Gasteiger partial charge on any atom is 0.416 e. The normalized spacial score (nSPS) is 16.8. The molecule has 0 unspecified atom stereocenters. The molecule has 10 nitrogen and oxygen atoms in total. The van der Waals surface area contributed by atoms with Crippen molar-refractivity contribution in [2.75, 3.05) is 31.5 Å². The van der Waals surface area contributed by atoms with Crippen molar-refractivity contribution in [3.8, 4) is 5.88 Å². The molecule has 1 aromatic carbocycles. The second-order valence-corrected chi connectivity index (χ2v) is 9.46. The van der Waals surface area contributed by atoms with Crippen LogP contribution in [0, 0.1) is 0 Å². The highest BCUT2D eigenvalue weighted by Crippen LogP contribution is 2.18. The van der Waals surface area contributed by atoms with Crippen LogP contribution in [0.4, 0.5) is 10.5 Å². The molecule has 2 aliphatic heterocycles. The van der Waals surface area contributed by atoms with E-state index in [0.717, 1.165) is 19.6 Å². The topological polar surface area (TPSA) is 102 Å². The van der Waals surface area contributed by atoms with Crippen LogP contribution in [0.3, 0.4) is 0 Å². The van der Waals surface area contributed by atoms with Gasteiger partial charge in [0.2, 0.25) is 5.88 Å². The van der Waals surface area contributed by atoms with Crippen LogP contribution in [0.15, 0.2) is 61.3 Å². The monoisotopic (exact) mass is 504 g/mol. The van der Waals surface area contributed by atoms with E-state index in [1.807, 2.05) is 24.3 Å². The maximum absolute atomic E-state index is 12.7. The maximum atomic E-state index is 12.7. The first-order valence-electron chi connectivity index (χ1n) is 12.8. The summed E-state index contributed by atoms with van der Waals surface area (Å²) >= 11 is 0. The molecule has 37 heavy (non-hydrogen) atoms. The van der Waals surface area contributed by atoms with Crippen molar-refractivity contribution in [3.05, 3.63) is 72.4 Å². The summed E-state index contributed by atoms with van der Waals surface area (Å²) in [4.78, 5) is 43.2. The molecule has 0 spiro atoms. The van der Waals surface area contributed by atoms with Gasteiger partial charge in [-0.05, 0) is 49.7 Å². The third-order valence-corrected chi connectivity index (χ3v) is 6.71. The first-order valence-corrected chi connectivity index (χ1v) is 12.8. The molecule has 5 rings (SSSR count). The minimum Gasteiger partial charge on any atom is -0.410 e. The molecule has 2 amide bonds. The molecule has 1 N–H and O–H groups in total. The Morgan fingerprint density at radius 2 is 1.76 bits per heavy atom. The predicted octanol–water partition coefficient (Wildman–Crippen LogP) is 3.61. The smallest absolute Gasteiger partial charge is 0.410 e. The van der Waals surface area contributed by atoms with E-state index in [0.29, 0.717) is 37.2 Å². The zero-order valence-electron chi connectivity index (χ0n) is 20.8. The van der Waals surface area contributed by atoms with Gasteiger partial charge in [0.05, 0.1) is 18.1 Å². The number of hydrogen-bond donors (Lipinski definition) is 1. The zero-order chi connectivity index (χ0) is 25.5. The fourth-order valence-electron chi connectivity index (χ4n) is 4.63. The Morgan fingerprint density at radius 3 is 2.43 bits per heavy atom. The fourth-order valence-corrected chi connectivity index (χ4v) is 4.63.